The molecule has 22 heavy (non-hydrogen) atoms. The van der Waals surface area contributed by atoms with E-state index in [-0.39, 0.29) is 0 Å². The Morgan fingerprint density at radius 2 is 2.00 bits per heavy atom. The Morgan fingerprint density at radius 3 is 2.73 bits per heavy atom. The molecule has 0 atom stereocenters. The number of ether oxygens (including phenoxy) is 2. The lowest BCUT2D eigenvalue weighted by atomic mass is 10.1. The Morgan fingerprint density at radius 1 is 1.14 bits per heavy atom. The van der Waals surface area contributed by atoms with Crippen molar-refractivity contribution < 1.29 is 9.47 Å². The largest absolute Gasteiger partial charge is 0.493 e. The van der Waals surface area contributed by atoms with E-state index in [2.05, 4.69) is 35.1 Å². The molecule has 112 valence electrons. The molecule has 0 bridgehead atoms. The van der Waals surface area contributed by atoms with Crippen LogP contribution in [-0.4, -0.2) is 17.1 Å². The Balaban J connectivity index is 1.91. The lowest BCUT2D eigenvalue weighted by Crippen LogP contribution is -2.00. The molecular weight excluding hydrogens is 276 g/mol. The van der Waals surface area contributed by atoms with Crippen molar-refractivity contribution in [3.63, 3.8) is 0 Å². The third kappa shape index (κ3) is 2.96. The van der Waals surface area contributed by atoms with Crippen LogP contribution in [0.5, 0.6) is 11.5 Å². The molecule has 4 heteroatoms. The summed E-state index contributed by atoms with van der Waals surface area (Å²) in [5.41, 5.74) is 3.22. The molecule has 0 saturated carbocycles. The Labute approximate surface area is 129 Å². The maximum atomic E-state index is 6.04. The molecule has 0 spiro atoms. The molecule has 0 radical (unpaired) electrons. The number of aromatic nitrogens is 2. The van der Waals surface area contributed by atoms with Gasteiger partial charge in [-0.1, -0.05) is 35.9 Å². The molecule has 1 aromatic heterocycles. The first-order chi connectivity index (χ1) is 10.8. The average Bonchev–Trinajstić information content (AvgIpc) is 3.07. The van der Waals surface area contributed by atoms with Crippen LogP contribution in [0.3, 0.4) is 0 Å². The first-order valence-corrected chi connectivity index (χ1v) is 7.13. The minimum Gasteiger partial charge on any atom is -0.493 e. The van der Waals surface area contributed by atoms with Crippen LogP contribution in [0.15, 0.2) is 54.9 Å². The van der Waals surface area contributed by atoms with Gasteiger partial charge in [0.05, 0.1) is 12.7 Å². The Bertz CT molecular complexity index is 752. The highest BCUT2D eigenvalue weighted by Gasteiger charge is 2.14. The van der Waals surface area contributed by atoms with Crippen LogP contribution in [0.25, 0.3) is 11.4 Å². The van der Waals surface area contributed by atoms with Gasteiger partial charge in [0.2, 0.25) is 0 Å². The molecule has 0 unspecified atom stereocenters. The van der Waals surface area contributed by atoms with Crippen LogP contribution >= 0.6 is 0 Å². The van der Waals surface area contributed by atoms with Gasteiger partial charge in [-0.2, -0.15) is 0 Å². The highest BCUT2D eigenvalue weighted by molar-refractivity contribution is 5.68. The van der Waals surface area contributed by atoms with Crippen molar-refractivity contribution in [3.05, 3.63) is 66.0 Å². The predicted octanol–water partition coefficient (Wildman–Crippen LogP) is 3.97. The first kappa shape index (κ1) is 14.2. The molecule has 0 saturated heterocycles. The maximum absolute atomic E-state index is 6.04. The summed E-state index contributed by atoms with van der Waals surface area (Å²) < 4.78 is 11.5. The highest BCUT2D eigenvalue weighted by Crippen LogP contribution is 2.37. The number of hydrogen-bond acceptors (Lipinski definition) is 3. The monoisotopic (exact) mass is 294 g/mol. The van der Waals surface area contributed by atoms with Gasteiger partial charge in [0.25, 0.3) is 0 Å². The Hall–Kier alpha value is -2.75. The van der Waals surface area contributed by atoms with Crippen molar-refractivity contribution in [1.82, 2.24) is 9.97 Å². The molecule has 1 heterocycles. The van der Waals surface area contributed by atoms with Crippen molar-refractivity contribution in [2.45, 2.75) is 13.5 Å². The number of aromatic amines is 1. The molecule has 1 N–H and O–H groups in total. The standard InChI is InChI=1S/C18H18N2O2/c1-13-5-3-6-14(11-13)12-22-17-15(18-19-9-10-20-18)7-4-8-16(17)21-2/h3-11H,12H2,1-2H3,(H,19,20). The summed E-state index contributed by atoms with van der Waals surface area (Å²) in [6, 6.07) is 14.0. The maximum Gasteiger partial charge on any atom is 0.172 e. The summed E-state index contributed by atoms with van der Waals surface area (Å²) in [6.07, 6.45) is 3.51. The lowest BCUT2D eigenvalue weighted by Gasteiger charge is -2.14. The molecule has 3 aromatic rings. The second kappa shape index (κ2) is 6.35. The number of benzene rings is 2. The first-order valence-electron chi connectivity index (χ1n) is 7.13. The van der Waals surface area contributed by atoms with Crippen LogP contribution < -0.4 is 9.47 Å². The fourth-order valence-electron chi connectivity index (χ4n) is 2.38. The quantitative estimate of drug-likeness (QED) is 0.774. The summed E-state index contributed by atoms with van der Waals surface area (Å²) in [5.74, 6) is 2.15. The number of aryl methyl sites for hydroxylation is 1. The van der Waals surface area contributed by atoms with E-state index in [1.165, 1.54) is 5.56 Å². The smallest absolute Gasteiger partial charge is 0.172 e. The van der Waals surface area contributed by atoms with Gasteiger partial charge in [0, 0.05) is 12.4 Å². The second-order valence-corrected chi connectivity index (χ2v) is 5.05. The van der Waals surface area contributed by atoms with E-state index in [1.54, 1.807) is 19.5 Å². The minimum absolute atomic E-state index is 0.482. The van der Waals surface area contributed by atoms with Crippen molar-refractivity contribution in [2.24, 2.45) is 0 Å². The molecule has 2 aromatic carbocycles. The Kier molecular flexibility index (Phi) is 4.10. The lowest BCUT2D eigenvalue weighted by molar-refractivity contribution is 0.285. The van der Waals surface area contributed by atoms with Gasteiger partial charge in [0.1, 0.15) is 12.4 Å². The van der Waals surface area contributed by atoms with Crippen molar-refractivity contribution >= 4 is 0 Å². The molecule has 0 fully saturated rings. The highest BCUT2D eigenvalue weighted by atomic mass is 16.5. The minimum atomic E-state index is 0.482. The third-order valence-electron chi connectivity index (χ3n) is 3.42. The van der Waals surface area contributed by atoms with Gasteiger partial charge >= 0.3 is 0 Å². The van der Waals surface area contributed by atoms with E-state index >= 15 is 0 Å². The zero-order valence-corrected chi connectivity index (χ0v) is 12.7. The number of imidazole rings is 1. The fraction of sp³-hybridized carbons (Fsp3) is 0.167. The normalized spacial score (nSPS) is 10.5. The van der Waals surface area contributed by atoms with Crippen LogP contribution in [0, 0.1) is 6.92 Å². The van der Waals surface area contributed by atoms with E-state index in [0.29, 0.717) is 18.1 Å². The average molecular weight is 294 g/mol. The number of nitrogens with one attached hydrogen (secondary N) is 1. The summed E-state index contributed by atoms with van der Waals surface area (Å²) in [6.45, 7) is 2.55. The van der Waals surface area contributed by atoms with Gasteiger partial charge in [-0.25, -0.2) is 4.98 Å². The van der Waals surface area contributed by atoms with Gasteiger partial charge in [0.15, 0.2) is 11.5 Å². The zero-order chi connectivity index (χ0) is 15.4. The van der Waals surface area contributed by atoms with Crippen molar-refractivity contribution in [3.8, 4) is 22.9 Å². The third-order valence-corrected chi connectivity index (χ3v) is 3.42. The predicted molar refractivity (Wildman–Crippen MR) is 86.1 cm³/mol. The van der Waals surface area contributed by atoms with E-state index in [1.807, 2.05) is 24.3 Å². The fourth-order valence-corrected chi connectivity index (χ4v) is 2.38. The summed E-state index contributed by atoms with van der Waals surface area (Å²) in [7, 11) is 1.64. The van der Waals surface area contributed by atoms with E-state index in [0.717, 1.165) is 17.0 Å². The number of para-hydroxylation sites is 1. The zero-order valence-electron chi connectivity index (χ0n) is 12.7. The summed E-state index contributed by atoms with van der Waals surface area (Å²) in [5, 5.41) is 0. The molecular formula is C18H18N2O2. The number of H-pyrrole nitrogens is 1. The van der Waals surface area contributed by atoms with Gasteiger partial charge in [-0.3, -0.25) is 0 Å². The van der Waals surface area contributed by atoms with Gasteiger partial charge < -0.3 is 14.5 Å². The number of rotatable bonds is 5. The van der Waals surface area contributed by atoms with Crippen molar-refractivity contribution in [2.75, 3.05) is 7.11 Å². The summed E-state index contributed by atoms with van der Waals surface area (Å²) >= 11 is 0. The summed E-state index contributed by atoms with van der Waals surface area (Å²) in [4.78, 5) is 7.41. The molecule has 0 amide bonds. The van der Waals surface area contributed by atoms with E-state index in [4.69, 9.17) is 9.47 Å². The number of hydrogen-bond donors (Lipinski definition) is 1. The van der Waals surface area contributed by atoms with Crippen LogP contribution in [0.4, 0.5) is 0 Å². The van der Waals surface area contributed by atoms with Crippen LogP contribution in [0.1, 0.15) is 11.1 Å². The van der Waals surface area contributed by atoms with Crippen LogP contribution in [0.2, 0.25) is 0 Å². The van der Waals surface area contributed by atoms with E-state index < -0.39 is 0 Å². The van der Waals surface area contributed by atoms with E-state index in [9.17, 15) is 0 Å². The molecule has 4 nitrogen and oxygen atoms in total. The molecule has 0 aliphatic rings. The topological polar surface area (TPSA) is 47.1 Å². The van der Waals surface area contributed by atoms with Gasteiger partial charge in [-0.15, -0.1) is 0 Å². The second-order valence-electron chi connectivity index (χ2n) is 5.05. The molecule has 0 aliphatic carbocycles. The molecule has 3 rings (SSSR count). The number of methoxy groups -OCH3 is 1. The van der Waals surface area contributed by atoms with Crippen molar-refractivity contribution in [1.29, 1.82) is 0 Å². The SMILES string of the molecule is COc1cccc(-c2ncc[nH]2)c1OCc1cccc(C)c1. The van der Waals surface area contributed by atoms with Gasteiger partial charge in [-0.05, 0) is 24.6 Å². The number of nitrogens with zero attached hydrogens (tertiary/aromatic N) is 1. The van der Waals surface area contributed by atoms with Crippen LogP contribution in [-0.2, 0) is 6.61 Å². The molecule has 0 aliphatic heterocycles.